The number of halogens is 2. The summed E-state index contributed by atoms with van der Waals surface area (Å²) in [4.78, 5) is 15.7. The maximum Gasteiger partial charge on any atom is 0.255 e. The number of ether oxygens (including phenoxy) is 2. The number of benzene rings is 2. The van der Waals surface area contributed by atoms with Gasteiger partial charge in [0.1, 0.15) is 22.8 Å². The van der Waals surface area contributed by atoms with E-state index in [1.54, 1.807) is 36.5 Å². The first kappa shape index (κ1) is 22.8. The Balaban J connectivity index is 1.26. The third kappa shape index (κ3) is 5.26. The number of carbonyl (C=O) groups is 1. The average Bonchev–Trinajstić information content (AvgIpc) is 3.23. The van der Waals surface area contributed by atoms with Crippen LogP contribution in [0.5, 0.6) is 17.4 Å². The normalized spacial score (nSPS) is 17.1. The molecule has 8 heteroatoms. The van der Waals surface area contributed by atoms with Gasteiger partial charge < -0.3 is 19.2 Å². The monoisotopic (exact) mass is 478 g/mol. The predicted molar refractivity (Wildman–Crippen MR) is 127 cm³/mol. The summed E-state index contributed by atoms with van der Waals surface area (Å²) in [6, 6.07) is 18.1. The lowest BCUT2D eigenvalue weighted by molar-refractivity contribution is -0.119. The van der Waals surface area contributed by atoms with E-state index in [1.165, 1.54) is 6.92 Å². The van der Waals surface area contributed by atoms with Crippen molar-refractivity contribution in [2.75, 3.05) is 6.61 Å². The molecule has 1 amide bonds. The van der Waals surface area contributed by atoms with Gasteiger partial charge in [-0.05, 0) is 42.8 Å². The average molecular weight is 478 g/mol. The Morgan fingerprint density at radius 1 is 1.17 bits per heavy atom. The van der Waals surface area contributed by atoms with Gasteiger partial charge in [-0.25, -0.2) is 13.8 Å². The zero-order valence-electron chi connectivity index (χ0n) is 19.3. The Hall–Kier alpha value is -3.94. The molecule has 2 atom stereocenters. The maximum absolute atomic E-state index is 13.0. The van der Waals surface area contributed by atoms with E-state index < -0.39 is 11.8 Å². The van der Waals surface area contributed by atoms with Crippen molar-refractivity contribution in [3.05, 3.63) is 72.4 Å². The van der Waals surface area contributed by atoms with E-state index in [4.69, 9.17) is 13.9 Å². The summed E-state index contributed by atoms with van der Waals surface area (Å²) in [5.74, 6) is -1.41. The first-order valence-corrected chi connectivity index (χ1v) is 11.3. The minimum atomic E-state index is -2.60. The summed E-state index contributed by atoms with van der Waals surface area (Å²) < 4.78 is 43.4. The molecule has 35 heavy (non-hydrogen) atoms. The van der Waals surface area contributed by atoms with Crippen LogP contribution in [0.2, 0.25) is 0 Å². The number of nitrogens with one attached hydrogen (secondary N) is 1. The number of fused-ring (bicyclic) bond motifs is 1. The molecule has 2 heterocycles. The summed E-state index contributed by atoms with van der Waals surface area (Å²) in [5, 5.41) is 3.81. The van der Waals surface area contributed by atoms with Crippen LogP contribution in [0.25, 0.3) is 22.3 Å². The Bertz CT molecular complexity index is 1370. The van der Waals surface area contributed by atoms with Crippen molar-refractivity contribution >= 4 is 16.9 Å². The van der Waals surface area contributed by atoms with Crippen molar-refractivity contribution in [1.82, 2.24) is 10.3 Å². The number of hydrogen-bond donors (Lipinski definition) is 1. The van der Waals surface area contributed by atoms with Crippen LogP contribution in [0.1, 0.15) is 31.9 Å². The Kier molecular flexibility index (Phi) is 5.88. The Labute approximate surface area is 200 Å². The molecule has 4 aromatic rings. The van der Waals surface area contributed by atoms with E-state index in [0.717, 1.165) is 22.1 Å². The number of nitrogens with zero attached hydrogens (tertiary/aromatic N) is 1. The quantitative estimate of drug-likeness (QED) is 0.312. The molecular weight excluding hydrogens is 454 g/mol. The van der Waals surface area contributed by atoms with Crippen molar-refractivity contribution in [1.29, 1.82) is 0 Å². The molecule has 180 valence electrons. The number of hydrogen-bond acceptors (Lipinski definition) is 5. The van der Waals surface area contributed by atoms with Gasteiger partial charge in [0, 0.05) is 42.6 Å². The Morgan fingerprint density at radius 2 is 1.97 bits per heavy atom. The molecule has 0 saturated heterocycles. The topological polar surface area (TPSA) is 73.6 Å². The van der Waals surface area contributed by atoms with Crippen molar-refractivity contribution < 1.29 is 27.5 Å². The highest BCUT2D eigenvalue weighted by molar-refractivity contribution is 5.83. The van der Waals surface area contributed by atoms with Gasteiger partial charge in [-0.15, -0.1) is 0 Å². The second-order valence-corrected chi connectivity index (χ2v) is 8.77. The molecule has 1 saturated carbocycles. The smallest absolute Gasteiger partial charge is 0.255 e. The van der Waals surface area contributed by atoms with Crippen LogP contribution >= 0.6 is 0 Å². The van der Waals surface area contributed by atoms with Gasteiger partial charge in [0.05, 0.1) is 18.6 Å². The highest BCUT2D eigenvalue weighted by Crippen LogP contribution is 2.48. The van der Waals surface area contributed by atoms with E-state index in [0.29, 0.717) is 23.1 Å². The van der Waals surface area contributed by atoms with Gasteiger partial charge >= 0.3 is 0 Å². The molecule has 1 aliphatic rings. The van der Waals surface area contributed by atoms with Crippen LogP contribution in [0, 0.1) is 5.92 Å². The molecule has 1 fully saturated rings. The molecule has 6 nitrogen and oxygen atoms in total. The van der Waals surface area contributed by atoms with Gasteiger partial charge in [0.2, 0.25) is 11.8 Å². The number of pyridine rings is 1. The number of aromatic nitrogens is 1. The van der Waals surface area contributed by atoms with E-state index in [2.05, 4.69) is 10.3 Å². The van der Waals surface area contributed by atoms with Gasteiger partial charge in [-0.3, -0.25) is 4.79 Å². The molecule has 0 spiro atoms. The van der Waals surface area contributed by atoms with Crippen LogP contribution in [-0.4, -0.2) is 23.4 Å². The first-order valence-electron chi connectivity index (χ1n) is 11.3. The lowest BCUT2D eigenvalue weighted by Crippen LogP contribution is -2.23. The summed E-state index contributed by atoms with van der Waals surface area (Å²) in [5.41, 5.74) is 2.45. The fourth-order valence-electron chi connectivity index (χ4n) is 3.83. The summed E-state index contributed by atoms with van der Waals surface area (Å²) in [6.45, 7) is 3.39. The van der Waals surface area contributed by atoms with Crippen LogP contribution in [0.4, 0.5) is 8.78 Å². The molecule has 5 rings (SSSR count). The Morgan fingerprint density at radius 3 is 2.69 bits per heavy atom. The molecule has 1 aliphatic carbocycles. The van der Waals surface area contributed by atoms with E-state index in [1.807, 2.05) is 37.3 Å². The summed E-state index contributed by atoms with van der Waals surface area (Å²) in [6.07, 6.45) is 1.53. The zero-order valence-corrected chi connectivity index (χ0v) is 19.3. The third-order valence-electron chi connectivity index (χ3n) is 5.92. The second-order valence-electron chi connectivity index (χ2n) is 8.77. The van der Waals surface area contributed by atoms with Crippen molar-refractivity contribution in [3.8, 4) is 28.7 Å². The van der Waals surface area contributed by atoms with Crippen molar-refractivity contribution in [3.63, 3.8) is 0 Å². The van der Waals surface area contributed by atoms with E-state index >= 15 is 0 Å². The predicted octanol–water partition coefficient (Wildman–Crippen LogP) is 6.52. The molecule has 0 bridgehead atoms. The fourth-order valence-corrected chi connectivity index (χ4v) is 3.83. The highest BCUT2D eigenvalue weighted by Gasteiger charge is 2.57. The molecule has 2 aromatic heterocycles. The van der Waals surface area contributed by atoms with Crippen LogP contribution in [-0.2, 0) is 4.79 Å². The summed E-state index contributed by atoms with van der Waals surface area (Å²) in [7, 11) is 0. The summed E-state index contributed by atoms with van der Waals surface area (Å²) >= 11 is 0. The largest absolute Gasteiger partial charge is 0.493 e. The number of carbonyl (C=O) groups excluding carboxylic acids is 1. The lowest BCUT2D eigenvalue weighted by Gasteiger charge is -2.12. The molecule has 0 radical (unpaired) electrons. The van der Waals surface area contributed by atoms with Crippen LogP contribution in [0.3, 0.4) is 0 Å². The van der Waals surface area contributed by atoms with Crippen molar-refractivity contribution in [2.45, 2.75) is 32.2 Å². The van der Waals surface area contributed by atoms with Crippen LogP contribution in [0.15, 0.2) is 71.3 Å². The third-order valence-corrected chi connectivity index (χ3v) is 5.92. The lowest BCUT2D eigenvalue weighted by atomic mass is 10.1. The van der Waals surface area contributed by atoms with Gasteiger partial charge in [-0.2, -0.15) is 0 Å². The molecule has 1 unspecified atom stereocenters. The van der Waals surface area contributed by atoms with E-state index in [-0.39, 0.29) is 25.0 Å². The van der Waals surface area contributed by atoms with Crippen LogP contribution < -0.4 is 14.8 Å². The molecule has 1 N–H and O–H groups in total. The standard InChI is InChI=1S/C27H24F2N2O4/c1-16(31-17(2)32)18-6-7-19-11-25(35-24(19)10-18)20-8-9-26(30-14-20)34-23-5-3-4-22(12-23)33-15-21-13-27(21,28)29/h3-12,14,16,21H,13,15H2,1-2H3,(H,31,32)/t16?,21-/m0/s1. The highest BCUT2D eigenvalue weighted by atomic mass is 19.3. The number of rotatable bonds is 8. The minimum absolute atomic E-state index is 0.0193. The first-order chi connectivity index (χ1) is 16.8. The van der Waals surface area contributed by atoms with Gasteiger partial charge in [-0.1, -0.05) is 18.2 Å². The second kappa shape index (κ2) is 9.02. The number of furan rings is 1. The number of amides is 1. The maximum atomic E-state index is 13.0. The van der Waals surface area contributed by atoms with E-state index in [9.17, 15) is 13.6 Å². The SMILES string of the molecule is CC(=O)NC(C)c1ccc2cc(-c3ccc(Oc4cccc(OC[C@@H]5CC5(F)F)c4)nc3)oc2c1. The zero-order chi connectivity index (χ0) is 24.6. The van der Waals surface area contributed by atoms with Gasteiger partial charge in [0.15, 0.2) is 0 Å². The fraction of sp³-hybridized carbons (Fsp3) is 0.259. The number of alkyl halides is 2. The van der Waals surface area contributed by atoms with Gasteiger partial charge in [0.25, 0.3) is 5.92 Å². The minimum Gasteiger partial charge on any atom is -0.493 e. The van der Waals surface area contributed by atoms with Crippen molar-refractivity contribution in [2.24, 2.45) is 5.92 Å². The molecular formula is C27H24F2N2O4. The molecule has 0 aliphatic heterocycles. The molecule has 2 aromatic carbocycles.